The number of carboxylic acids is 2. The fourth-order valence-corrected chi connectivity index (χ4v) is 1.25. The Hall–Kier alpha value is -0.580. The van der Waals surface area contributed by atoms with Crippen molar-refractivity contribution in [2.45, 2.75) is 13.3 Å². The maximum absolute atomic E-state index is 10.9. The van der Waals surface area contributed by atoms with Gasteiger partial charge in [0.05, 0.1) is 0 Å². The third-order valence-electron chi connectivity index (χ3n) is 2.34. The summed E-state index contributed by atoms with van der Waals surface area (Å²) in [4.78, 5) is 21.8. The predicted octanol–water partition coefficient (Wildman–Crippen LogP) is 1.25. The van der Waals surface area contributed by atoms with Gasteiger partial charge in [0.25, 0.3) is 0 Å². The Morgan fingerprint density at radius 3 is 2.00 bits per heavy atom. The molecule has 16 heavy (non-hydrogen) atoms. The Kier molecular flexibility index (Phi) is 6.00. The molecule has 0 aliphatic rings. The Balaban J connectivity index is -0.000000750. The van der Waals surface area contributed by atoms with Crippen LogP contribution in [0.3, 0.4) is 0 Å². The molecule has 0 heterocycles. The molecule has 5 heteroatoms. The van der Waals surface area contributed by atoms with Crippen molar-refractivity contribution in [2.75, 3.05) is 0 Å². The summed E-state index contributed by atoms with van der Waals surface area (Å²) < 4.78 is 0. The van der Waals surface area contributed by atoms with E-state index in [1.54, 1.807) is 30.3 Å². The fourth-order valence-electron chi connectivity index (χ4n) is 1.25. The molecule has 0 aliphatic carbocycles. The van der Waals surface area contributed by atoms with Crippen LogP contribution < -0.4 is 0 Å². The van der Waals surface area contributed by atoms with Crippen molar-refractivity contribution in [3.63, 3.8) is 0 Å². The number of rotatable bonds is 4. The van der Waals surface area contributed by atoms with Gasteiger partial charge in [-0.15, -0.1) is 0 Å². The SMILES string of the molecule is CC(Cc1ccccc1)(C(=O)O)C(=O)O.[Ca+2].[H-].[H-]. The number of benzene rings is 1. The standard InChI is InChI=1S/C11H12O4.Ca.2H/c1-11(9(12)13,10(14)15)7-8-5-3-2-4-6-8;;;/h2-6H,7H2,1H3,(H,12,13)(H,14,15);;;/q;+2;2*-1. The van der Waals surface area contributed by atoms with Gasteiger partial charge in [-0.3, -0.25) is 9.59 Å². The minimum absolute atomic E-state index is 0. The van der Waals surface area contributed by atoms with Crippen LogP contribution >= 0.6 is 0 Å². The summed E-state index contributed by atoms with van der Waals surface area (Å²) in [5, 5.41) is 17.8. The first kappa shape index (κ1) is 15.4. The van der Waals surface area contributed by atoms with E-state index in [-0.39, 0.29) is 47.0 Å². The van der Waals surface area contributed by atoms with E-state index in [0.717, 1.165) is 0 Å². The minimum atomic E-state index is -1.76. The van der Waals surface area contributed by atoms with E-state index in [4.69, 9.17) is 10.2 Å². The van der Waals surface area contributed by atoms with Crippen LogP contribution in [-0.4, -0.2) is 59.9 Å². The number of aliphatic carboxylic acids is 2. The molecule has 0 saturated heterocycles. The molecule has 0 fully saturated rings. The second-order valence-electron chi connectivity index (χ2n) is 3.60. The summed E-state index contributed by atoms with van der Waals surface area (Å²) in [6.07, 6.45) is -0.0154. The van der Waals surface area contributed by atoms with Gasteiger partial charge in [0.1, 0.15) is 0 Å². The Morgan fingerprint density at radius 2 is 1.62 bits per heavy atom. The molecular formula is C11H14CaO4. The van der Waals surface area contributed by atoms with Crippen LogP contribution in [0.15, 0.2) is 30.3 Å². The first-order valence-corrected chi connectivity index (χ1v) is 4.47. The number of carbonyl (C=O) groups is 2. The summed E-state index contributed by atoms with van der Waals surface area (Å²) in [5.41, 5.74) is -1.06. The van der Waals surface area contributed by atoms with E-state index in [1.807, 2.05) is 0 Å². The first-order chi connectivity index (χ1) is 6.97. The van der Waals surface area contributed by atoms with Gasteiger partial charge >= 0.3 is 49.7 Å². The van der Waals surface area contributed by atoms with Crippen LogP contribution in [0, 0.1) is 5.41 Å². The van der Waals surface area contributed by atoms with Crippen LogP contribution in [0.5, 0.6) is 0 Å². The van der Waals surface area contributed by atoms with Gasteiger partial charge in [0, 0.05) is 0 Å². The third-order valence-corrected chi connectivity index (χ3v) is 2.34. The molecule has 0 unspecified atom stereocenters. The molecule has 0 spiro atoms. The van der Waals surface area contributed by atoms with E-state index < -0.39 is 17.4 Å². The van der Waals surface area contributed by atoms with Crippen LogP contribution in [0.2, 0.25) is 0 Å². The molecule has 0 amide bonds. The molecule has 0 aromatic heterocycles. The van der Waals surface area contributed by atoms with Crippen molar-refractivity contribution in [1.29, 1.82) is 0 Å². The van der Waals surface area contributed by atoms with Crippen molar-refractivity contribution >= 4 is 49.7 Å². The minimum Gasteiger partial charge on any atom is -1.00 e. The number of hydrogen-bond acceptors (Lipinski definition) is 2. The zero-order chi connectivity index (χ0) is 11.5. The first-order valence-electron chi connectivity index (χ1n) is 4.47. The van der Waals surface area contributed by atoms with Gasteiger partial charge in [-0.2, -0.15) is 0 Å². The van der Waals surface area contributed by atoms with Gasteiger partial charge in [-0.1, -0.05) is 30.3 Å². The maximum Gasteiger partial charge on any atom is 2.00 e. The predicted molar refractivity (Wildman–Crippen MR) is 61.5 cm³/mol. The second kappa shape index (κ2) is 6.23. The van der Waals surface area contributed by atoms with E-state index in [9.17, 15) is 9.59 Å². The Labute approximate surface area is 126 Å². The summed E-state index contributed by atoms with van der Waals surface area (Å²) in [6.45, 7) is 1.21. The van der Waals surface area contributed by atoms with Crippen molar-refractivity contribution < 1.29 is 22.7 Å². The van der Waals surface area contributed by atoms with Crippen molar-refractivity contribution in [3.8, 4) is 0 Å². The van der Waals surface area contributed by atoms with E-state index in [0.29, 0.717) is 5.56 Å². The molecule has 0 bridgehead atoms. The molecule has 0 radical (unpaired) electrons. The molecule has 1 aromatic carbocycles. The van der Waals surface area contributed by atoms with E-state index in [1.165, 1.54) is 6.92 Å². The summed E-state index contributed by atoms with van der Waals surface area (Å²) in [7, 11) is 0. The largest absolute Gasteiger partial charge is 2.00 e. The van der Waals surface area contributed by atoms with Crippen molar-refractivity contribution in [2.24, 2.45) is 5.41 Å². The van der Waals surface area contributed by atoms with Crippen molar-refractivity contribution in [3.05, 3.63) is 35.9 Å². The van der Waals surface area contributed by atoms with Gasteiger partial charge in [-0.25, -0.2) is 0 Å². The molecule has 0 atom stereocenters. The average molecular weight is 250 g/mol. The average Bonchev–Trinajstić information content (AvgIpc) is 2.18. The molecule has 0 saturated carbocycles. The normalized spacial score (nSPS) is 10.3. The van der Waals surface area contributed by atoms with Gasteiger partial charge < -0.3 is 13.1 Å². The molecule has 2 N–H and O–H groups in total. The topological polar surface area (TPSA) is 74.6 Å². The molecule has 4 nitrogen and oxygen atoms in total. The number of carboxylic acid groups (broad SMARTS) is 2. The van der Waals surface area contributed by atoms with Crippen LogP contribution in [0.25, 0.3) is 0 Å². The molecule has 1 rings (SSSR count). The van der Waals surface area contributed by atoms with Gasteiger partial charge in [0.15, 0.2) is 5.41 Å². The van der Waals surface area contributed by atoms with Crippen molar-refractivity contribution in [1.82, 2.24) is 0 Å². The molecule has 1 aromatic rings. The monoisotopic (exact) mass is 250 g/mol. The fraction of sp³-hybridized carbons (Fsp3) is 0.273. The molecule has 84 valence electrons. The Morgan fingerprint density at radius 1 is 1.19 bits per heavy atom. The summed E-state index contributed by atoms with van der Waals surface area (Å²) in [6, 6.07) is 8.72. The number of hydrogen-bond donors (Lipinski definition) is 2. The molecular weight excluding hydrogens is 236 g/mol. The van der Waals surface area contributed by atoms with Gasteiger partial charge in [0.2, 0.25) is 0 Å². The zero-order valence-corrected chi connectivity index (χ0v) is 11.2. The van der Waals surface area contributed by atoms with E-state index in [2.05, 4.69) is 0 Å². The van der Waals surface area contributed by atoms with Crippen LogP contribution in [0.1, 0.15) is 15.3 Å². The van der Waals surface area contributed by atoms with Crippen LogP contribution in [-0.2, 0) is 16.0 Å². The summed E-state index contributed by atoms with van der Waals surface area (Å²) >= 11 is 0. The van der Waals surface area contributed by atoms with E-state index >= 15 is 0 Å². The summed E-state index contributed by atoms with van der Waals surface area (Å²) in [5.74, 6) is -2.64. The zero-order valence-electron chi connectivity index (χ0n) is 11.0. The molecule has 0 aliphatic heterocycles. The Bertz CT molecular complexity index is 370. The van der Waals surface area contributed by atoms with Gasteiger partial charge in [-0.05, 0) is 18.9 Å². The van der Waals surface area contributed by atoms with Crippen LogP contribution in [0.4, 0.5) is 0 Å². The smallest absolute Gasteiger partial charge is 1.00 e. The quantitative estimate of drug-likeness (QED) is 0.623. The second-order valence-corrected chi connectivity index (χ2v) is 3.60. The third kappa shape index (κ3) is 3.47. The maximum atomic E-state index is 10.9.